The summed E-state index contributed by atoms with van der Waals surface area (Å²) >= 11 is 8.17. The lowest BCUT2D eigenvalue weighted by molar-refractivity contribution is -0.134. The first-order chi connectivity index (χ1) is 23.9. The van der Waals surface area contributed by atoms with Crippen molar-refractivity contribution >= 4 is 61.7 Å². The Bertz CT molecular complexity index is 2000. The summed E-state index contributed by atoms with van der Waals surface area (Å²) in [6.45, 7) is 2.45. The van der Waals surface area contributed by atoms with Crippen LogP contribution in [0.4, 0.5) is 4.79 Å². The molecule has 4 amide bonds. The van der Waals surface area contributed by atoms with Gasteiger partial charge in [0.25, 0.3) is 5.91 Å². The zero-order chi connectivity index (χ0) is 35.4. The van der Waals surface area contributed by atoms with Gasteiger partial charge in [-0.3, -0.25) is 14.3 Å². The second-order valence-electron chi connectivity index (χ2n) is 13.5. The molecule has 1 saturated heterocycles. The van der Waals surface area contributed by atoms with Crippen molar-refractivity contribution in [2.24, 2.45) is 5.92 Å². The molecule has 3 aromatic rings. The molecule has 2 aromatic heterocycles. The second-order valence-corrected chi connectivity index (χ2v) is 16.7. The second kappa shape index (κ2) is 13.3. The fourth-order valence-electron chi connectivity index (χ4n) is 6.73. The Morgan fingerprint density at radius 1 is 1.18 bits per heavy atom. The minimum Gasteiger partial charge on any atom is -0.495 e. The van der Waals surface area contributed by atoms with Crippen LogP contribution in [0.2, 0.25) is 5.02 Å². The third kappa shape index (κ3) is 6.62. The molecular weight excluding hydrogens is 704 g/mol. The molecule has 2 N–H and O–H groups in total. The highest BCUT2D eigenvalue weighted by Gasteiger charge is 2.62. The zero-order valence-electron chi connectivity index (χ0n) is 28.0. The summed E-state index contributed by atoms with van der Waals surface area (Å²) in [7, 11) is -0.604. The fraction of sp³-hybridized carbons (Fsp3) is 0.500. The molecule has 266 valence electrons. The third-order valence-corrected chi connectivity index (χ3v) is 13.0. The molecule has 2 aliphatic heterocycles. The van der Waals surface area contributed by atoms with Crippen LogP contribution in [0.1, 0.15) is 50.6 Å². The van der Waals surface area contributed by atoms with Crippen LogP contribution in [-0.2, 0) is 19.6 Å². The SMILES string of the molecule is COc1ccc2c(O[C@H]3C[C@H]4C(=O)N(C)CCCCC=C[C@@H]5C[C@@]5(C(=O)NS(=O)(=O)C5CC5)NC(=O)N4C3)cc(-c3nc(C)cs3)nc2c1Cl. The smallest absolute Gasteiger partial charge is 0.319 e. The Hall–Kier alpha value is -3.95. The number of fused-ring (bicyclic) bond motifs is 3. The van der Waals surface area contributed by atoms with Gasteiger partial charge in [-0.25, -0.2) is 23.2 Å². The number of methoxy groups -OCH3 is 1. The van der Waals surface area contributed by atoms with E-state index < -0.39 is 44.9 Å². The number of pyridine rings is 1. The number of likely N-dealkylation sites (N-methyl/N-ethyl adjacent to an activating group) is 1. The van der Waals surface area contributed by atoms with Crippen LogP contribution < -0.4 is 19.5 Å². The number of aryl methyl sites for hydroxylation is 1. The van der Waals surface area contributed by atoms with E-state index in [1.54, 1.807) is 30.1 Å². The standard InChI is InChI=1S/C34H39ClN6O7S2/c1-19-18-49-30(36-19)24-15-27(23-11-12-26(47-3)28(35)29(23)37-24)48-21-14-25-31(42)40(2)13-7-5-4-6-8-20-16-34(20,38-33(44)41(25)17-21)32(43)39-50(45,46)22-9-10-22/h6,8,11-12,15,18,20-22,25H,4-5,7,9-10,13-14,16-17H2,1-3H3,(H,38,44)(H,39,43)/t20-,21+,25+,34-/m1/s1. The maximum Gasteiger partial charge on any atom is 0.319 e. The van der Waals surface area contributed by atoms with E-state index in [1.165, 1.54) is 23.3 Å². The van der Waals surface area contributed by atoms with Crippen molar-refractivity contribution in [1.82, 2.24) is 29.8 Å². The summed E-state index contributed by atoms with van der Waals surface area (Å²) in [4.78, 5) is 54.0. The van der Waals surface area contributed by atoms with Crippen molar-refractivity contribution in [1.29, 1.82) is 0 Å². The molecule has 0 unspecified atom stereocenters. The number of hydrogen-bond donors (Lipinski definition) is 2. The van der Waals surface area contributed by atoms with E-state index in [0.717, 1.165) is 25.0 Å². The number of carbonyl (C=O) groups excluding carboxylic acids is 3. The van der Waals surface area contributed by atoms with E-state index in [9.17, 15) is 22.8 Å². The lowest BCUT2D eigenvalue weighted by Crippen LogP contribution is -2.57. The molecule has 1 aromatic carbocycles. The lowest BCUT2D eigenvalue weighted by Gasteiger charge is -2.30. The largest absolute Gasteiger partial charge is 0.495 e. The van der Waals surface area contributed by atoms with Crippen LogP contribution in [0, 0.1) is 12.8 Å². The minimum atomic E-state index is -3.85. The van der Waals surface area contributed by atoms with Gasteiger partial charge in [-0.1, -0.05) is 23.8 Å². The highest BCUT2D eigenvalue weighted by Crippen LogP contribution is 2.46. The van der Waals surface area contributed by atoms with Crippen LogP contribution in [0.5, 0.6) is 11.5 Å². The Morgan fingerprint density at radius 3 is 2.70 bits per heavy atom. The molecule has 16 heteroatoms. The lowest BCUT2D eigenvalue weighted by atomic mass is 10.1. The van der Waals surface area contributed by atoms with E-state index in [2.05, 4.69) is 15.0 Å². The summed E-state index contributed by atoms with van der Waals surface area (Å²) in [6, 6.07) is 3.79. The average molecular weight is 743 g/mol. The Balaban J connectivity index is 1.21. The van der Waals surface area contributed by atoms with Gasteiger partial charge in [0.15, 0.2) is 0 Å². The third-order valence-electron chi connectivity index (χ3n) is 9.81. The number of carbonyl (C=O) groups is 3. The number of rotatable bonds is 7. The number of halogens is 1. The van der Waals surface area contributed by atoms with Gasteiger partial charge < -0.3 is 24.6 Å². The molecule has 4 atom stereocenters. The van der Waals surface area contributed by atoms with Crippen LogP contribution in [0.15, 0.2) is 35.7 Å². The van der Waals surface area contributed by atoms with E-state index >= 15 is 0 Å². The molecular formula is C34H39ClN6O7S2. The number of amides is 4. The van der Waals surface area contributed by atoms with Crippen molar-refractivity contribution in [2.45, 2.75) is 74.8 Å². The molecule has 50 heavy (non-hydrogen) atoms. The van der Waals surface area contributed by atoms with Crippen molar-refractivity contribution in [2.75, 3.05) is 27.2 Å². The number of urea groups is 1. The summed E-state index contributed by atoms with van der Waals surface area (Å²) in [5, 5.41) is 5.79. The van der Waals surface area contributed by atoms with Gasteiger partial charge in [0.2, 0.25) is 15.9 Å². The van der Waals surface area contributed by atoms with Gasteiger partial charge >= 0.3 is 6.03 Å². The number of thiazole rings is 1. The Kier molecular flexibility index (Phi) is 9.18. The molecule has 0 radical (unpaired) electrons. The topological polar surface area (TPSA) is 160 Å². The molecule has 0 bridgehead atoms. The first-order valence-corrected chi connectivity index (χ1v) is 19.5. The molecule has 4 aliphatic rings. The number of allylic oxidation sites excluding steroid dienone is 1. The quantitative estimate of drug-likeness (QED) is 0.334. The van der Waals surface area contributed by atoms with E-state index in [0.29, 0.717) is 57.5 Å². The number of sulfonamides is 1. The summed E-state index contributed by atoms with van der Waals surface area (Å²) in [5.74, 6) is -0.483. The predicted molar refractivity (Wildman–Crippen MR) is 189 cm³/mol. The predicted octanol–water partition coefficient (Wildman–Crippen LogP) is 4.43. The minimum absolute atomic E-state index is 0.0358. The van der Waals surface area contributed by atoms with Crippen molar-refractivity contribution in [3.63, 3.8) is 0 Å². The van der Waals surface area contributed by atoms with E-state index in [-0.39, 0.29) is 31.2 Å². The molecule has 2 aliphatic carbocycles. The van der Waals surface area contributed by atoms with Gasteiger partial charge in [0.1, 0.15) is 44.9 Å². The van der Waals surface area contributed by atoms with Crippen molar-refractivity contribution in [3.8, 4) is 22.2 Å². The first-order valence-electron chi connectivity index (χ1n) is 16.7. The van der Waals surface area contributed by atoms with Crippen molar-refractivity contribution < 1.29 is 32.3 Å². The number of ether oxygens (including phenoxy) is 2. The van der Waals surface area contributed by atoms with Gasteiger partial charge in [0, 0.05) is 48.5 Å². The number of benzene rings is 1. The molecule has 2 saturated carbocycles. The fourth-order valence-corrected chi connectivity index (χ4v) is 9.13. The highest BCUT2D eigenvalue weighted by molar-refractivity contribution is 7.91. The average Bonchev–Trinajstić information content (AvgIpc) is 3.97. The number of nitrogens with one attached hydrogen (secondary N) is 2. The van der Waals surface area contributed by atoms with E-state index in [1.807, 2.05) is 24.5 Å². The van der Waals surface area contributed by atoms with Crippen LogP contribution >= 0.6 is 22.9 Å². The van der Waals surface area contributed by atoms with Crippen LogP contribution in [-0.4, -0.2) is 96.2 Å². The number of hydrogen-bond acceptors (Lipinski definition) is 10. The molecule has 3 fully saturated rings. The molecule has 13 nitrogen and oxygen atoms in total. The molecule has 4 heterocycles. The van der Waals surface area contributed by atoms with E-state index in [4.69, 9.17) is 26.1 Å². The summed E-state index contributed by atoms with van der Waals surface area (Å²) in [5.41, 5.74) is 0.400. The normalized spacial score (nSPS) is 25.8. The van der Waals surface area contributed by atoms with Crippen LogP contribution in [0.3, 0.4) is 0 Å². The zero-order valence-corrected chi connectivity index (χ0v) is 30.4. The summed E-state index contributed by atoms with van der Waals surface area (Å²) in [6.07, 6.45) is 6.96. The van der Waals surface area contributed by atoms with Crippen molar-refractivity contribution in [3.05, 3.63) is 46.4 Å². The first kappa shape index (κ1) is 34.5. The van der Waals surface area contributed by atoms with Gasteiger partial charge in [-0.05, 0) is 57.6 Å². The molecule has 7 rings (SSSR count). The number of aromatic nitrogens is 2. The Morgan fingerprint density at radius 2 is 1.98 bits per heavy atom. The maximum absolute atomic E-state index is 14.1. The van der Waals surface area contributed by atoms with Gasteiger partial charge in [-0.15, -0.1) is 11.3 Å². The van der Waals surface area contributed by atoms with Crippen LogP contribution in [0.25, 0.3) is 21.6 Å². The maximum atomic E-state index is 14.1. The number of nitrogens with zero attached hydrogens (tertiary/aromatic N) is 4. The molecule has 0 spiro atoms. The van der Waals surface area contributed by atoms with Gasteiger partial charge in [-0.2, -0.15) is 0 Å². The highest BCUT2D eigenvalue weighted by atomic mass is 35.5. The summed E-state index contributed by atoms with van der Waals surface area (Å²) < 4.78 is 39.8. The van der Waals surface area contributed by atoms with Gasteiger partial charge in [0.05, 0.1) is 24.4 Å². The Labute approximate surface area is 299 Å². The monoisotopic (exact) mass is 742 g/mol.